The molecule has 3 rings (SSSR count). The predicted molar refractivity (Wildman–Crippen MR) is 126 cm³/mol. The summed E-state index contributed by atoms with van der Waals surface area (Å²) in [7, 11) is -2.75. The maximum atomic E-state index is 13.2. The Kier molecular flexibility index (Phi) is 7.65. The molecule has 5 heteroatoms. The SMILES string of the molecule is CC(C)(C)[Si](O[C@@H](CCO)COc1ccc(F)cc1)(c1ccccc1)c1ccccc1. The molecule has 0 saturated carbocycles. The van der Waals surface area contributed by atoms with Gasteiger partial charge in [0.05, 0.1) is 6.10 Å². The summed E-state index contributed by atoms with van der Waals surface area (Å²) in [6.45, 7) is 6.93. The molecule has 0 unspecified atom stereocenters. The van der Waals surface area contributed by atoms with E-state index < -0.39 is 8.32 Å². The van der Waals surface area contributed by atoms with E-state index in [0.717, 1.165) is 0 Å². The Balaban J connectivity index is 1.99. The van der Waals surface area contributed by atoms with E-state index in [9.17, 15) is 9.50 Å². The van der Waals surface area contributed by atoms with E-state index in [-0.39, 0.29) is 30.2 Å². The summed E-state index contributed by atoms with van der Waals surface area (Å²) in [6.07, 6.45) is 0.132. The zero-order chi connectivity index (χ0) is 22.3. The van der Waals surface area contributed by atoms with Crippen molar-refractivity contribution in [3.8, 4) is 5.75 Å². The fourth-order valence-corrected chi connectivity index (χ4v) is 8.68. The Morgan fingerprint density at radius 2 is 1.35 bits per heavy atom. The second-order valence-corrected chi connectivity index (χ2v) is 12.9. The third-order valence-corrected chi connectivity index (χ3v) is 10.6. The van der Waals surface area contributed by atoms with Crippen LogP contribution in [0.4, 0.5) is 4.39 Å². The minimum atomic E-state index is -2.75. The summed E-state index contributed by atoms with van der Waals surface area (Å²) < 4.78 is 26.2. The number of halogens is 1. The third-order valence-electron chi connectivity index (χ3n) is 5.46. The standard InChI is InChI=1S/C26H31FO3Si/c1-26(2,3)31(24-10-6-4-7-11-24,25-12-8-5-9-13-25)30-23(18-19-28)20-29-22-16-14-21(27)15-17-22/h4-17,23,28H,18-20H2,1-3H3/t23-/m0/s1. The van der Waals surface area contributed by atoms with Crippen molar-refractivity contribution in [2.75, 3.05) is 13.2 Å². The van der Waals surface area contributed by atoms with Crippen LogP contribution in [0.1, 0.15) is 27.2 Å². The van der Waals surface area contributed by atoms with Crippen LogP contribution in [0.15, 0.2) is 84.9 Å². The third kappa shape index (κ3) is 5.42. The Morgan fingerprint density at radius 1 is 0.839 bits per heavy atom. The Hall–Kier alpha value is -2.47. The normalized spacial score (nSPS) is 13.1. The van der Waals surface area contributed by atoms with Gasteiger partial charge < -0.3 is 14.3 Å². The lowest BCUT2D eigenvalue weighted by Gasteiger charge is -2.45. The molecule has 3 nitrogen and oxygen atoms in total. The molecule has 0 aliphatic carbocycles. The first-order valence-electron chi connectivity index (χ1n) is 10.6. The van der Waals surface area contributed by atoms with Crippen LogP contribution in [0.2, 0.25) is 5.04 Å². The van der Waals surface area contributed by atoms with Crippen molar-refractivity contribution >= 4 is 18.7 Å². The maximum absolute atomic E-state index is 13.2. The molecule has 0 aromatic heterocycles. The summed E-state index contributed by atoms with van der Waals surface area (Å²) in [6, 6.07) is 26.7. The number of aliphatic hydroxyl groups is 1. The molecule has 3 aromatic rings. The van der Waals surface area contributed by atoms with E-state index in [2.05, 4.69) is 45.0 Å². The van der Waals surface area contributed by atoms with Gasteiger partial charge in [-0.05, 0) is 46.1 Å². The summed E-state index contributed by atoms with van der Waals surface area (Å²) in [5.74, 6) is 0.276. The molecule has 0 heterocycles. The average molecular weight is 439 g/mol. The number of hydrogen-bond acceptors (Lipinski definition) is 3. The fraction of sp³-hybridized carbons (Fsp3) is 0.308. The molecule has 1 N–H and O–H groups in total. The van der Waals surface area contributed by atoms with E-state index >= 15 is 0 Å². The fourth-order valence-electron chi connectivity index (χ4n) is 3.98. The molecular formula is C26H31FO3Si. The van der Waals surface area contributed by atoms with Crippen molar-refractivity contribution < 1.29 is 18.7 Å². The lowest BCUT2D eigenvalue weighted by Crippen LogP contribution is -2.68. The van der Waals surface area contributed by atoms with Gasteiger partial charge in [-0.2, -0.15) is 0 Å². The first kappa shape index (κ1) is 23.2. The maximum Gasteiger partial charge on any atom is 0.261 e. The molecule has 0 bridgehead atoms. The predicted octanol–water partition coefficient (Wildman–Crippen LogP) is 4.53. The topological polar surface area (TPSA) is 38.7 Å². The van der Waals surface area contributed by atoms with Crippen LogP contribution in [-0.4, -0.2) is 32.7 Å². The Bertz CT molecular complexity index is 885. The van der Waals surface area contributed by atoms with E-state index in [1.54, 1.807) is 12.1 Å². The van der Waals surface area contributed by atoms with Crippen LogP contribution < -0.4 is 15.1 Å². The minimum absolute atomic E-state index is 0.00432. The van der Waals surface area contributed by atoms with Crippen molar-refractivity contribution in [3.05, 3.63) is 90.7 Å². The summed E-state index contributed by atoms with van der Waals surface area (Å²) >= 11 is 0. The van der Waals surface area contributed by atoms with Crippen molar-refractivity contribution in [1.82, 2.24) is 0 Å². The first-order valence-corrected chi connectivity index (χ1v) is 12.6. The molecule has 3 aromatic carbocycles. The first-order chi connectivity index (χ1) is 14.9. The minimum Gasteiger partial charge on any atom is -0.491 e. The highest BCUT2D eigenvalue weighted by atomic mass is 28.4. The van der Waals surface area contributed by atoms with Crippen molar-refractivity contribution in [2.24, 2.45) is 0 Å². The van der Waals surface area contributed by atoms with Gasteiger partial charge in [0.15, 0.2) is 0 Å². The second-order valence-electron chi connectivity index (χ2n) is 8.68. The lowest BCUT2D eigenvalue weighted by atomic mass is 10.2. The highest BCUT2D eigenvalue weighted by Gasteiger charge is 2.51. The van der Waals surface area contributed by atoms with E-state index in [0.29, 0.717) is 12.2 Å². The van der Waals surface area contributed by atoms with Gasteiger partial charge in [-0.1, -0.05) is 81.4 Å². The van der Waals surface area contributed by atoms with Crippen LogP contribution in [0, 0.1) is 5.82 Å². The van der Waals surface area contributed by atoms with Crippen LogP contribution in [-0.2, 0) is 4.43 Å². The molecular weight excluding hydrogens is 407 g/mol. The molecule has 0 radical (unpaired) electrons. The zero-order valence-corrected chi connectivity index (χ0v) is 19.4. The smallest absolute Gasteiger partial charge is 0.261 e. The molecule has 164 valence electrons. The van der Waals surface area contributed by atoms with Gasteiger partial charge in [0, 0.05) is 6.61 Å². The van der Waals surface area contributed by atoms with Gasteiger partial charge in [0.25, 0.3) is 8.32 Å². The van der Waals surface area contributed by atoms with E-state index in [4.69, 9.17) is 9.16 Å². The van der Waals surface area contributed by atoms with Crippen molar-refractivity contribution in [1.29, 1.82) is 0 Å². The molecule has 0 spiro atoms. The van der Waals surface area contributed by atoms with Gasteiger partial charge in [0.1, 0.15) is 18.2 Å². The van der Waals surface area contributed by atoms with Gasteiger partial charge in [0.2, 0.25) is 0 Å². The lowest BCUT2D eigenvalue weighted by molar-refractivity contribution is 0.0930. The summed E-state index contributed by atoms with van der Waals surface area (Å²) in [4.78, 5) is 0. The van der Waals surface area contributed by atoms with E-state index in [1.165, 1.54) is 22.5 Å². The zero-order valence-electron chi connectivity index (χ0n) is 18.4. The quantitative estimate of drug-likeness (QED) is 0.499. The highest BCUT2D eigenvalue weighted by Crippen LogP contribution is 2.37. The number of benzene rings is 3. The Morgan fingerprint density at radius 3 is 1.81 bits per heavy atom. The molecule has 0 fully saturated rings. The van der Waals surface area contributed by atoms with Gasteiger partial charge in [-0.25, -0.2) is 4.39 Å². The summed E-state index contributed by atoms with van der Waals surface area (Å²) in [5, 5.41) is 11.9. The Labute approximate surface area is 185 Å². The average Bonchev–Trinajstić information content (AvgIpc) is 2.77. The molecule has 0 amide bonds. The monoisotopic (exact) mass is 438 g/mol. The molecule has 0 saturated heterocycles. The molecule has 0 aliphatic heterocycles. The van der Waals surface area contributed by atoms with Crippen LogP contribution in [0.5, 0.6) is 5.75 Å². The molecule has 31 heavy (non-hydrogen) atoms. The highest BCUT2D eigenvalue weighted by molar-refractivity contribution is 6.99. The van der Waals surface area contributed by atoms with Gasteiger partial charge >= 0.3 is 0 Å². The van der Waals surface area contributed by atoms with Crippen LogP contribution in [0.25, 0.3) is 0 Å². The molecule has 0 aliphatic rings. The van der Waals surface area contributed by atoms with Crippen molar-refractivity contribution in [3.63, 3.8) is 0 Å². The second kappa shape index (κ2) is 10.2. The van der Waals surface area contributed by atoms with Gasteiger partial charge in [-0.15, -0.1) is 0 Å². The van der Waals surface area contributed by atoms with Crippen LogP contribution >= 0.6 is 0 Å². The number of ether oxygens (including phenoxy) is 1. The number of rotatable bonds is 9. The molecule has 1 atom stereocenters. The number of aliphatic hydroxyl groups excluding tert-OH is 1. The van der Waals surface area contributed by atoms with Crippen molar-refractivity contribution in [2.45, 2.75) is 38.3 Å². The van der Waals surface area contributed by atoms with Gasteiger partial charge in [-0.3, -0.25) is 0 Å². The van der Waals surface area contributed by atoms with E-state index in [1.807, 2.05) is 36.4 Å². The number of hydrogen-bond donors (Lipinski definition) is 1. The summed E-state index contributed by atoms with van der Waals surface area (Å²) in [5.41, 5.74) is 0. The van der Waals surface area contributed by atoms with Crippen LogP contribution in [0.3, 0.4) is 0 Å². The largest absolute Gasteiger partial charge is 0.491 e.